The smallest absolute Gasteiger partial charge is 0.293 e. The Balaban J connectivity index is 0.000000202. The molecule has 17 heavy (non-hydrogen) atoms. The molecule has 0 aromatic heterocycles. The lowest BCUT2D eigenvalue weighted by Gasteiger charge is -1.97. The summed E-state index contributed by atoms with van der Waals surface area (Å²) >= 11 is 0. The molecule has 0 spiro atoms. The molecule has 0 amide bonds. The molecule has 2 nitrogen and oxygen atoms in total. The number of carbonyl (C=O) groups is 1. The van der Waals surface area contributed by atoms with Gasteiger partial charge in [-0.2, -0.15) is 0 Å². The predicted molar refractivity (Wildman–Crippen MR) is 68.6 cm³/mol. The van der Waals surface area contributed by atoms with E-state index in [9.17, 15) is 4.79 Å². The van der Waals surface area contributed by atoms with Crippen LogP contribution in [0.5, 0.6) is 0 Å². The summed E-state index contributed by atoms with van der Waals surface area (Å²) in [6.45, 7) is 0.941. The second-order valence-electron chi connectivity index (χ2n) is 3.36. The van der Waals surface area contributed by atoms with E-state index in [0.29, 0.717) is 13.1 Å². The van der Waals surface area contributed by atoms with Crippen molar-refractivity contribution in [3.63, 3.8) is 0 Å². The molecule has 0 aliphatic carbocycles. The second kappa shape index (κ2) is 9.16. The molecule has 0 heterocycles. The molecular weight excluding hydrogens is 212 g/mol. The number of hydrogen-bond acceptors (Lipinski definition) is 2. The lowest BCUT2D eigenvalue weighted by atomic mass is 10.2. The standard InChI is InChI=1S/C9H10O2.C6H6/c10-8-11-7-6-9-4-2-1-3-5-9;1-2-4-6-5-3-1/h1-5,8H,6-7H2;1-6H. The molecule has 0 atom stereocenters. The Morgan fingerprint density at radius 3 is 1.76 bits per heavy atom. The molecule has 2 aromatic carbocycles. The molecule has 2 heteroatoms. The first-order valence-corrected chi connectivity index (χ1v) is 5.52. The molecule has 0 N–H and O–H groups in total. The highest BCUT2D eigenvalue weighted by molar-refractivity contribution is 5.36. The van der Waals surface area contributed by atoms with Crippen LogP contribution in [0.3, 0.4) is 0 Å². The first kappa shape index (κ1) is 13.0. The van der Waals surface area contributed by atoms with E-state index in [1.807, 2.05) is 66.7 Å². The fourth-order valence-corrected chi connectivity index (χ4v) is 1.25. The van der Waals surface area contributed by atoms with E-state index in [0.717, 1.165) is 6.42 Å². The SMILES string of the molecule is O=COCCc1ccccc1.c1ccccc1. The summed E-state index contributed by atoms with van der Waals surface area (Å²) < 4.78 is 4.56. The Bertz CT molecular complexity index is 357. The maximum absolute atomic E-state index is 9.77. The highest BCUT2D eigenvalue weighted by Crippen LogP contribution is 1.98. The molecule has 88 valence electrons. The third kappa shape index (κ3) is 6.90. The third-order valence-electron chi connectivity index (χ3n) is 2.09. The molecule has 2 rings (SSSR count). The van der Waals surface area contributed by atoms with Crippen LogP contribution in [0.2, 0.25) is 0 Å². The summed E-state index contributed by atoms with van der Waals surface area (Å²) in [5.41, 5.74) is 1.19. The van der Waals surface area contributed by atoms with Crippen molar-refractivity contribution in [1.29, 1.82) is 0 Å². The van der Waals surface area contributed by atoms with Crippen molar-refractivity contribution in [2.45, 2.75) is 6.42 Å². The minimum atomic E-state index is 0.466. The number of ether oxygens (including phenoxy) is 1. The minimum absolute atomic E-state index is 0.466. The predicted octanol–water partition coefficient (Wildman–Crippen LogP) is 3.09. The summed E-state index contributed by atoms with van der Waals surface area (Å²) in [6, 6.07) is 21.9. The van der Waals surface area contributed by atoms with Gasteiger partial charge in [0.1, 0.15) is 0 Å². The van der Waals surface area contributed by atoms with E-state index in [1.165, 1.54) is 5.56 Å². The molecular formula is C15H16O2. The van der Waals surface area contributed by atoms with Gasteiger partial charge in [-0.25, -0.2) is 0 Å². The molecule has 0 aliphatic heterocycles. The van der Waals surface area contributed by atoms with Crippen LogP contribution in [-0.2, 0) is 16.0 Å². The lowest BCUT2D eigenvalue weighted by molar-refractivity contribution is -0.128. The first-order valence-electron chi connectivity index (χ1n) is 5.52. The fraction of sp³-hybridized carbons (Fsp3) is 0.133. The van der Waals surface area contributed by atoms with Gasteiger partial charge >= 0.3 is 0 Å². The van der Waals surface area contributed by atoms with Crippen molar-refractivity contribution in [1.82, 2.24) is 0 Å². The minimum Gasteiger partial charge on any atom is -0.468 e. The average molecular weight is 228 g/mol. The Morgan fingerprint density at radius 2 is 1.29 bits per heavy atom. The number of carbonyl (C=O) groups excluding carboxylic acids is 1. The van der Waals surface area contributed by atoms with Crippen LogP contribution < -0.4 is 0 Å². The van der Waals surface area contributed by atoms with E-state index in [-0.39, 0.29) is 0 Å². The van der Waals surface area contributed by atoms with Crippen LogP contribution in [0.25, 0.3) is 0 Å². The Hall–Kier alpha value is -2.09. The topological polar surface area (TPSA) is 26.3 Å². The zero-order valence-corrected chi connectivity index (χ0v) is 9.66. The van der Waals surface area contributed by atoms with Crippen molar-refractivity contribution < 1.29 is 9.53 Å². The molecule has 0 aliphatic rings. The van der Waals surface area contributed by atoms with Crippen molar-refractivity contribution in [2.24, 2.45) is 0 Å². The van der Waals surface area contributed by atoms with Gasteiger partial charge in [0, 0.05) is 6.42 Å². The van der Waals surface area contributed by atoms with Crippen LogP contribution in [-0.4, -0.2) is 13.1 Å². The van der Waals surface area contributed by atoms with Gasteiger partial charge in [-0.05, 0) is 5.56 Å². The number of rotatable bonds is 4. The van der Waals surface area contributed by atoms with Gasteiger partial charge in [-0.3, -0.25) is 4.79 Å². The molecule has 2 aromatic rings. The molecule has 0 unspecified atom stereocenters. The maximum atomic E-state index is 9.77. The summed E-state index contributed by atoms with van der Waals surface area (Å²) in [6.07, 6.45) is 0.791. The fourth-order valence-electron chi connectivity index (χ4n) is 1.25. The summed E-state index contributed by atoms with van der Waals surface area (Å²) in [7, 11) is 0. The van der Waals surface area contributed by atoms with Gasteiger partial charge in [0.05, 0.1) is 6.61 Å². The van der Waals surface area contributed by atoms with Crippen molar-refractivity contribution in [2.75, 3.05) is 6.61 Å². The van der Waals surface area contributed by atoms with Crippen molar-refractivity contribution in [3.8, 4) is 0 Å². The Morgan fingerprint density at radius 1 is 0.824 bits per heavy atom. The van der Waals surface area contributed by atoms with Crippen LogP contribution in [0, 0.1) is 0 Å². The lowest BCUT2D eigenvalue weighted by Crippen LogP contribution is -1.95. The Labute approximate surface area is 102 Å². The van der Waals surface area contributed by atoms with Crippen molar-refractivity contribution >= 4 is 6.47 Å². The molecule has 0 bridgehead atoms. The average Bonchev–Trinajstić information content (AvgIpc) is 2.43. The zero-order valence-electron chi connectivity index (χ0n) is 9.66. The second-order valence-corrected chi connectivity index (χ2v) is 3.36. The van der Waals surface area contributed by atoms with Gasteiger partial charge in [-0.15, -0.1) is 0 Å². The van der Waals surface area contributed by atoms with E-state index < -0.39 is 0 Å². The largest absolute Gasteiger partial charge is 0.468 e. The van der Waals surface area contributed by atoms with E-state index in [1.54, 1.807) is 0 Å². The van der Waals surface area contributed by atoms with Crippen LogP contribution in [0.1, 0.15) is 5.56 Å². The van der Waals surface area contributed by atoms with Crippen LogP contribution in [0.15, 0.2) is 66.7 Å². The number of benzene rings is 2. The molecule has 0 radical (unpaired) electrons. The van der Waals surface area contributed by atoms with Crippen LogP contribution in [0.4, 0.5) is 0 Å². The summed E-state index contributed by atoms with van der Waals surface area (Å²) in [5, 5.41) is 0. The molecule has 0 fully saturated rings. The first-order chi connectivity index (χ1) is 8.43. The summed E-state index contributed by atoms with van der Waals surface area (Å²) in [5.74, 6) is 0. The molecule has 0 saturated heterocycles. The normalized spacial score (nSPS) is 8.71. The van der Waals surface area contributed by atoms with E-state index >= 15 is 0 Å². The quantitative estimate of drug-likeness (QED) is 0.593. The van der Waals surface area contributed by atoms with Gasteiger partial charge in [-0.1, -0.05) is 66.7 Å². The van der Waals surface area contributed by atoms with Crippen molar-refractivity contribution in [3.05, 3.63) is 72.3 Å². The van der Waals surface area contributed by atoms with Crippen LogP contribution >= 0.6 is 0 Å². The van der Waals surface area contributed by atoms with Gasteiger partial charge < -0.3 is 4.74 Å². The monoisotopic (exact) mass is 228 g/mol. The Kier molecular flexibility index (Phi) is 6.99. The van der Waals surface area contributed by atoms with Gasteiger partial charge in [0.2, 0.25) is 0 Å². The van der Waals surface area contributed by atoms with E-state index in [4.69, 9.17) is 0 Å². The summed E-state index contributed by atoms with van der Waals surface area (Å²) in [4.78, 5) is 9.77. The number of hydrogen-bond donors (Lipinski definition) is 0. The third-order valence-corrected chi connectivity index (χ3v) is 2.09. The van der Waals surface area contributed by atoms with Gasteiger partial charge in [0.25, 0.3) is 6.47 Å². The zero-order chi connectivity index (χ0) is 12.2. The van der Waals surface area contributed by atoms with Gasteiger partial charge in [0.15, 0.2) is 0 Å². The highest BCUT2D eigenvalue weighted by atomic mass is 16.5. The van der Waals surface area contributed by atoms with E-state index in [2.05, 4.69) is 4.74 Å². The maximum Gasteiger partial charge on any atom is 0.293 e. The highest BCUT2D eigenvalue weighted by Gasteiger charge is 1.89. The molecule has 0 saturated carbocycles.